The lowest BCUT2D eigenvalue weighted by molar-refractivity contribution is -0.120. The zero-order chi connectivity index (χ0) is 24.9. The van der Waals surface area contributed by atoms with Gasteiger partial charge >= 0.3 is 0 Å². The summed E-state index contributed by atoms with van der Waals surface area (Å²) in [7, 11) is 3.19. The van der Waals surface area contributed by atoms with E-state index in [0.29, 0.717) is 17.9 Å². The summed E-state index contributed by atoms with van der Waals surface area (Å²) in [4.78, 5) is 41.9. The third-order valence-electron chi connectivity index (χ3n) is 5.61. The molecule has 0 bridgehead atoms. The monoisotopic (exact) mass is 461 g/mol. The van der Waals surface area contributed by atoms with Gasteiger partial charge in [-0.05, 0) is 40.3 Å². The zero-order valence-corrected chi connectivity index (χ0v) is 20.2. The molecule has 0 aliphatic carbocycles. The van der Waals surface area contributed by atoms with Crippen molar-refractivity contribution >= 4 is 17.5 Å². The number of pyridine rings is 1. The van der Waals surface area contributed by atoms with Crippen LogP contribution in [0.3, 0.4) is 0 Å². The predicted molar refractivity (Wildman–Crippen MR) is 133 cm³/mol. The van der Waals surface area contributed by atoms with E-state index in [0.717, 1.165) is 11.1 Å². The zero-order valence-electron chi connectivity index (χ0n) is 20.2. The Balaban J connectivity index is 1.91. The molecule has 0 aliphatic rings. The lowest BCUT2D eigenvalue weighted by atomic mass is 9.87. The van der Waals surface area contributed by atoms with E-state index in [4.69, 9.17) is 4.74 Å². The Kier molecular flexibility index (Phi) is 7.68. The van der Waals surface area contributed by atoms with Crippen molar-refractivity contribution in [3.63, 3.8) is 0 Å². The number of H-pyrrole nitrogens is 1. The van der Waals surface area contributed by atoms with E-state index in [1.54, 1.807) is 14.2 Å². The van der Waals surface area contributed by atoms with Crippen LogP contribution in [-0.4, -0.2) is 35.9 Å². The van der Waals surface area contributed by atoms with Crippen LogP contribution in [-0.2, 0) is 21.6 Å². The molecule has 0 saturated carbocycles. The summed E-state index contributed by atoms with van der Waals surface area (Å²) in [5.74, 6) is -0.733. The number of ether oxygens (including phenoxy) is 1. The number of rotatable bonds is 7. The number of benzene rings is 2. The van der Waals surface area contributed by atoms with Crippen molar-refractivity contribution in [1.82, 2.24) is 9.88 Å². The number of anilines is 1. The maximum absolute atomic E-state index is 13.4. The van der Waals surface area contributed by atoms with Crippen LogP contribution in [0.1, 0.15) is 53.9 Å². The van der Waals surface area contributed by atoms with Crippen molar-refractivity contribution in [1.29, 1.82) is 0 Å². The summed E-state index contributed by atoms with van der Waals surface area (Å²) in [6, 6.07) is 16.9. The number of carbonyl (C=O) groups is 2. The first-order valence-electron chi connectivity index (χ1n) is 11.0. The number of nitrogens with one attached hydrogen (secondary N) is 2. The second-order valence-electron chi connectivity index (χ2n) is 9.25. The third kappa shape index (κ3) is 5.99. The molecule has 2 N–H and O–H groups in total. The van der Waals surface area contributed by atoms with Gasteiger partial charge in [0.1, 0.15) is 6.04 Å². The molecule has 7 heteroatoms. The molecule has 2 amide bonds. The fourth-order valence-electron chi connectivity index (χ4n) is 3.64. The van der Waals surface area contributed by atoms with Crippen molar-refractivity contribution in [2.24, 2.45) is 0 Å². The van der Waals surface area contributed by atoms with Crippen LogP contribution in [0.2, 0.25) is 0 Å². The maximum Gasteiger partial charge on any atom is 0.256 e. The Labute approximate surface area is 199 Å². The van der Waals surface area contributed by atoms with Gasteiger partial charge < -0.3 is 19.9 Å². The van der Waals surface area contributed by atoms with Gasteiger partial charge in [-0.15, -0.1) is 0 Å². The van der Waals surface area contributed by atoms with Gasteiger partial charge in [0.2, 0.25) is 5.56 Å². The van der Waals surface area contributed by atoms with Crippen LogP contribution >= 0.6 is 0 Å². The van der Waals surface area contributed by atoms with E-state index in [1.165, 1.54) is 23.2 Å². The summed E-state index contributed by atoms with van der Waals surface area (Å²) in [5.41, 5.74) is 3.39. The molecule has 0 aliphatic heterocycles. The first-order chi connectivity index (χ1) is 16.1. The molecule has 0 saturated heterocycles. The molecule has 0 spiro atoms. The summed E-state index contributed by atoms with van der Waals surface area (Å²) in [5, 5.41) is 2.94. The molecule has 2 aromatic carbocycles. The Bertz CT molecular complexity index is 1170. The number of hydrogen-bond donors (Lipinski definition) is 2. The number of aromatic amines is 1. The minimum Gasteiger partial charge on any atom is -0.380 e. The highest BCUT2D eigenvalue weighted by Gasteiger charge is 2.29. The minimum absolute atomic E-state index is 0.00167. The fourth-order valence-corrected chi connectivity index (χ4v) is 3.64. The molecule has 1 aromatic heterocycles. The lowest BCUT2D eigenvalue weighted by Gasteiger charge is -2.28. The second kappa shape index (κ2) is 10.5. The number of likely N-dealkylation sites (N-methyl/N-ethyl adjacent to an activating group) is 1. The van der Waals surface area contributed by atoms with Gasteiger partial charge in [0.05, 0.1) is 12.2 Å². The van der Waals surface area contributed by atoms with E-state index >= 15 is 0 Å². The number of hydrogen-bond acceptors (Lipinski definition) is 4. The highest BCUT2D eigenvalue weighted by molar-refractivity contribution is 6.01. The standard InChI is InChI=1S/C27H31N3O4/c1-27(2,3)21-11-13-22(14-12-21)29-25(32)24(19-8-6-18(7-9-19)17-34-5)30(4)26(33)20-10-15-23(31)28-16-20/h6-16,24H,17H2,1-5H3,(H,28,31)(H,29,32). The first-order valence-corrected chi connectivity index (χ1v) is 11.0. The lowest BCUT2D eigenvalue weighted by Crippen LogP contribution is -2.39. The predicted octanol–water partition coefficient (Wildman–Crippen LogP) is 4.27. The Hall–Kier alpha value is -3.71. The smallest absolute Gasteiger partial charge is 0.256 e. The van der Waals surface area contributed by atoms with Crippen LogP contribution in [0.4, 0.5) is 5.69 Å². The number of nitrogens with zero attached hydrogens (tertiary/aromatic N) is 1. The molecule has 178 valence electrons. The van der Waals surface area contributed by atoms with Crippen molar-refractivity contribution in [2.45, 2.75) is 38.8 Å². The van der Waals surface area contributed by atoms with Crippen LogP contribution in [0.25, 0.3) is 0 Å². The third-order valence-corrected chi connectivity index (χ3v) is 5.61. The highest BCUT2D eigenvalue weighted by Crippen LogP contribution is 2.26. The Morgan fingerprint density at radius 1 is 1.00 bits per heavy atom. The molecule has 1 atom stereocenters. The maximum atomic E-state index is 13.4. The number of aromatic nitrogens is 1. The second-order valence-corrected chi connectivity index (χ2v) is 9.25. The molecular weight excluding hydrogens is 430 g/mol. The largest absolute Gasteiger partial charge is 0.380 e. The van der Waals surface area contributed by atoms with Gasteiger partial charge in [0.25, 0.3) is 11.8 Å². The van der Waals surface area contributed by atoms with Crippen LogP contribution in [0, 0.1) is 0 Å². The van der Waals surface area contributed by atoms with Crippen molar-refractivity contribution < 1.29 is 14.3 Å². The highest BCUT2D eigenvalue weighted by atomic mass is 16.5. The van der Waals surface area contributed by atoms with Crippen molar-refractivity contribution in [3.05, 3.63) is 99.5 Å². The number of methoxy groups -OCH3 is 1. The molecule has 7 nitrogen and oxygen atoms in total. The molecule has 1 unspecified atom stereocenters. The van der Waals surface area contributed by atoms with Crippen LogP contribution in [0.5, 0.6) is 0 Å². The summed E-state index contributed by atoms with van der Waals surface area (Å²) in [6.45, 7) is 6.83. The molecule has 3 rings (SSSR count). The Morgan fingerprint density at radius 3 is 2.18 bits per heavy atom. The van der Waals surface area contributed by atoms with E-state index in [9.17, 15) is 14.4 Å². The first kappa shape index (κ1) is 24.9. The Morgan fingerprint density at radius 2 is 1.65 bits per heavy atom. The van der Waals surface area contributed by atoms with Crippen molar-refractivity contribution in [3.8, 4) is 0 Å². The SMILES string of the molecule is COCc1ccc(C(C(=O)Nc2ccc(C(C)(C)C)cc2)N(C)C(=O)c2ccc(=O)[nH]c2)cc1. The summed E-state index contributed by atoms with van der Waals surface area (Å²) in [6.07, 6.45) is 1.35. The molecule has 3 aromatic rings. The number of amides is 2. The average Bonchev–Trinajstić information content (AvgIpc) is 2.80. The quantitative estimate of drug-likeness (QED) is 0.550. The van der Waals surface area contributed by atoms with Gasteiger partial charge in [0, 0.05) is 32.1 Å². The van der Waals surface area contributed by atoms with Gasteiger partial charge in [-0.2, -0.15) is 0 Å². The van der Waals surface area contributed by atoms with E-state index in [1.807, 2.05) is 48.5 Å². The van der Waals surface area contributed by atoms with Crippen molar-refractivity contribution in [2.75, 3.05) is 19.5 Å². The fraction of sp³-hybridized carbons (Fsp3) is 0.296. The van der Waals surface area contributed by atoms with Crippen LogP contribution < -0.4 is 10.9 Å². The van der Waals surface area contributed by atoms with Gasteiger partial charge in [0.15, 0.2) is 0 Å². The summed E-state index contributed by atoms with van der Waals surface area (Å²) < 4.78 is 5.17. The summed E-state index contributed by atoms with van der Waals surface area (Å²) >= 11 is 0. The molecule has 1 heterocycles. The molecule has 0 radical (unpaired) electrons. The average molecular weight is 462 g/mol. The van der Waals surface area contributed by atoms with Gasteiger partial charge in [-0.25, -0.2) is 0 Å². The van der Waals surface area contributed by atoms with E-state index in [-0.39, 0.29) is 28.4 Å². The topological polar surface area (TPSA) is 91.5 Å². The van der Waals surface area contributed by atoms with Crippen LogP contribution in [0.15, 0.2) is 71.7 Å². The normalized spacial score (nSPS) is 12.1. The van der Waals surface area contributed by atoms with E-state index in [2.05, 4.69) is 31.1 Å². The molecule has 34 heavy (non-hydrogen) atoms. The minimum atomic E-state index is -0.890. The van der Waals surface area contributed by atoms with Gasteiger partial charge in [-0.1, -0.05) is 57.2 Å². The molecule has 0 fully saturated rings. The van der Waals surface area contributed by atoms with Gasteiger partial charge in [-0.3, -0.25) is 14.4 Å². The molecular formula is C27H31N3O4. The van der Waals surface area contributed by atoms with E-state index < -0.39 is 6.04 Å². The number of carbonyl (C=O) groups excluding carboxylic acids is 2.